The number of nitrogens with zero attached hydrogens (tertiary/aromatic N) is 2. The Bertz CT molecular complexity index is 3980. The summed E-state index contributed by atoms with van der Waals surface area (Å²) in [6.45, 7) is 4.62. The van der Waals surface area contributed by atoms with E-state index in [2.05, 4.69) is 217 Å². The van der Waals surface area contributed by atoms with Gasteiger partial charge in [-0.3, -0.25) is 0 Å². The van der Waals surface area contributed by atoms with Crippen LogP contribution >= 0.6 is 11.3 Å². The predicted octanol–water partition coefficient (Wildman–Crippen LogP) is 17.3. The SMILES string of the molecule is Cc1c2c3ccccc3n1-c1ccccc1C(C)/C(c1ccc(-n3c4ccc(-c5cccc6c5oc5ccccc56)cc4c4cc(-c5cccc6c5sc5ccccc56)ccc43)cc1)=C\2. The molecule has 0 spiro atoms. The number of aromatic nitrogens is 2. The zero-order chi connectivity index (χ0) is 42.9. The van der Waals surface area contributed by atoms with E-state index in [1.807, 2.05) is 17.4 Å². The van der Waals surface area contributed by atoms with Gasteiger partial charge in [0.25, 0.3) is 0 Å². The van der Waals surface area contributed by atoms with Crippen molar-refractivity contribution in [2.24, 2.45) is 0 Å². The van der Waals surface area contributed by atoms with Crippen molar-refractivity contribution >= 4 is 97.8 Å². The lowest BCUT2D eigenvalue weighted by molar-refractivity contribution is 0.670. The van der Waals surface area contributed by atoms with Crippen LogP contribution in [-0.4, -0.2) is 9.13 Å². The Morgan fingerprint density at radius 2 is 1.09 bits per heavy atom. The molecule has 1 atom stereocenters. The molecule has 1 unspecified atom stereocenters. The number of hydrogen-bond donors (Lipinski definition) is 0. The maximum absolute atomic E-state index is 6.58. The van der Waals surface area contributed by atoms with Crippen molar-refractivity contribution in [1.82, 2.24) is 9.13 Å². The van der Waals surface area contributed by atoms with E-state index in [0.717, 1.165) is 38.8 Å². The number of para-hydroxylation sites is 4. The molecule has 14 rings (SSSR count). The molecule has 5 heterocycles. The van der Waals surface area contributed by atoms with Crippen molar-refractivity contribution < 1.29 is 4.42 Å². The van der Waals surface area contributed by atoms with Crippen LogP contribution in [0.3, 0.4) is 0 Å². The molecule has 1 aliphatic rings. The fourth-order valence-electron chi connectivity index (χ4n) is 11.1. The summed E-state index contributed by atoms with van der Waals surface area (Å²) in [5.41, 5.74) is 19.0. The first kappa shape index (κ1) is 36.6. The molecule has 0 aliphatic carbocycles. The largest absolute Gasteiger partial charge is 0.455 e. The van der Waals surface area contributed by atoms with Gasteiger partial charge in [-0.15, -0.1) is 11.3 Å². The van der Waals surface area contributed by atoms with E-state index in [1.54, 1.807) is 0 Å². The highest BCUT2D eigenvalue weighted by molar-refractivity contribution is 7.26. The maximum Gasteiger partial charge on any atom is 0.143 e. The van der Waals surface area contributed by atoms with Gasteiger partial charge in [0, 0.05) is 81.2 Å². The molecule has 2 bridgehead atoms. The topological polar surface area (TPSA) is 23.0 Å². The first-order valence-corrected chi connectivity index (χ1v) is 23.3. The molecule has 65 heavy (non-hydrogen) atoms. The molecule has 4 heteroatoms. The standard InChI is InChI=1S/C61H40N2OS/c1-36-42-13-3-7-21-54(42)62-37(2)51(45-14-4-8-22-55(45)62)35-50(36)38-25-29-41(30-26-38)63-56-31-27-39(43-17-11-19-48-46-15-5-9-23-58(46)64-60(43)48)33-52(56)53-34-40(28-32-57(53)63)44-18-12-20-49-47-16-6-10-24-59(47)65-61(44)49/h3-36H,1-2H3/b50-35+. The van der Waals surface area contributed by atoms with Crippen molar-refractivity contribution in [3.05, 3.63) is 217 Å². The second-order valence-electron chi connectivity index (χ2n) is 17.6. The first-order chi connectivity index (χ1) is 32.1. The first-order valence-electron chi connectivity index (χ1n) is 22.5. The Kier molecular flexibility index (Phi) is 7.75. The fourth-order valence-corrected chi connectivity index (χ4v) is 12.4. The molecule has 4 aromatic heterocycles. The lowest BCUT2D eigenvalue weighted by atomic mass is 9.85. The number of rotatable bonds is 4. The lowest BCUT2D eigenvalue weighted by Gasteiger charge is -2.24. The van der Waals surface area contributed by atoms with Gasteiger partial charge in [-0.05, 0) is 107 Å². The molecule has 306 valence electrons. The smallest absolute Gasteiger partial charge is 0.143 e. The number of allylic oxidation sites excluding steroid dienone is 1. The number of thiophene rings is 1. The fraction of sp³-hybridized carbons (Fsp3) is 0.0492. The van der Waals surface area contributed by atoms with Crippen LogP contribution in [0.5, 0.6) is 0 Å². The van der Waals surface area contributed by atoms with Gasteiger partial charge in [0.2, 0.25) is 0 Å². The molecule has 0 radical (unpaired) electrons. The minimum atomic E-state index is 0.184. The summed E-state index contributed by atoms with van der Waals surface area (Å²) in [5.74, 6) is 0.184. The lowest BCUT2D eigenvalue weighted by Crippen LogP contribution is -2.08. The molecule has 1 aliphatic heterocycles. The molecule has 3 nitrogen and oxygen atoms in total. The monoisotopic (exact) mass is 848 g/mol. The maximum atomic E-state index is 6.58. The zero-order valence-electron chi connectivity index (χ0n) is 35.8. The highest BCUT2D eigenvalue weighted by Gasteiger charge is 2.25. The highest BCUT2D eigenvalue weighted by Crippen LogP contribution is 2.46. The van der Waals surface area contributed by atoms with Crippen molar-refractivity contribution in [2.45, 2.75) is 19.8 Å². The van der Waals surface area contributed by atoms with Crippen LogP contribution in [0.2, 0.25) is 0 Å². The third-order valence-electron chi connectivity index (χ3n) is 14.2. The molecule has 0 fully saturated rings. The second kappa shape index (κ2) is 13.8. The van der Waals surface area contributed by atoms with Crippen molar-refractivity contribution in [3.63, 3.8) is 0 Å². The van der Waals surface area contributed by atoms with Crippen LogP contribution in [0.15, 0.2) is 199 Å². The van der Waals surface area contributed by atoms with Crippen LogP contribution in [0.1, 0.15) is 35.2 Å². The molecule has 0 amide bonds. The Morgan fingerprint density at radius 3 is 1.91 bits per heavy atom. The minimum Gasteiger partial charge on any atom is -0.455 e. The Hall–Kier alpha value is -7.92. The van der Waals surface area contributed by atoms with Crippen molar-refractivity contribution in [2.75, 3.05) is 0 Å². The summed E-state index contributed by atoms with van der Waals surface area (Å²) in [7, 11) is 0. The normalized spacial score (nSPS) is 14.7. The molecule has 9 aromatic carbocycles. The molecule has 0 N–H and O–H groups in total. The molecule has 13 aromatic rings. The average molecular weight is 849 g/mol. The summed E-state index contributed by atoms with van der Waals surface area (Å²) in [6.07, 6.45) is 2.45. The van der Waals surface area contributed by atoms with Crippen molar-refractivity contribution in [1.29, 1.82) is 0 Å². The minimum absolute atomic E-state index is 0.184. The van der Waals surface area contributed by atoms with E-state index in [4.69, 9.17) is 4.42 Å². The van der Waals surface area contributed by atoms with Crippen LogP contribution in [0, 0.1) is 6.92 Å². The van der Waals surface area contributed by atoms with Gasteiger partial charge in [-0.25, -0.2) is 0 Å². The summed E-state index contributed by atoms with van der Waals surface area (Å²) in [6, 6.07) is 71.5. The summed E-state index contributed by atoms with van der Waals surface area (Å²) < 4.78 is 14.1. The van der Waals surface area contributed by atoms with Gasteiger partial charge in [-0.2, -0.15) is 0 Å². The third-order valence-corrected chi connectivity index (χ3v) is 15.4. The van der Waals surface area contributed by atoms with E-state index in [1.165, 1.54) is 97.7 Å². The van der Waals surface area contributed by atoms with Crippen LogP contribution in [0.4, 0.5) is 0 Å². The Labute approximate surface area is 379 Å². The van der Waals surface area contributed by atoms with Gasteiger partial charge in [0.05, 0.1) is 16.6 Å². The van der Waals surface area contributed by atoms with Crippen LogP contribution in [0.25, 0.3) is 120 Å². The molecule has 0 saturated heterocycles. The predicted molar refractivity (Wildman–Crippen MR) is 276 cm³/mol. The van der Waals surface area contributed by atoms with Crippen molar-refractivity contribution in [3.8, 4) is 33.6 Å². The van der Waals surface area contributed by atoms with E-state index >= 15 is 0 Å². The summed E-state index contributed by atoms with van der Waals surface area (Å²) in [5, 5.41) is 8.62. The number of benzene rings is 9. The van der Waals surface area contributed by atoms with E-state index in [-0.39, 0.29) is 5.92 Å². The van der Waals surface area contributed by atoms with Gasteiger partial charge in [-0.1, -0.05) is 140 Å². The molecular weight excluding hydrogens is 809 g/mol. The van der Waals surface area contributed by atoms with Crippen LogP contribution in [-0.2, 0) is 0 Å². The van der Waals surface area contributed by atoms with Gasteiger partial charge in [0.1, 0.15) is 11.2 Å². The molecular formula is C61H40N2OS. The summed E-state index contributed by atoms with van der Waals surface area (Å²) >= 11 is 1.88. The van der Waals surface area contributed by atoms with Gasteiger partial charge >= 0.3 is 0 Å². The average Bonchev–Trinajstić information content (AvgIpc) is 4.10. The summed E-state index contributed by atoms with van der Waals surface area (Å²) in [4.78, 5) is 0. The number of fused-ring (bicyclic) bond motifs is 16. The number of hydrogen-bond acceptors (Lipinski definition) is 2. The molecule has 0 saturated carbocycles. The Morgan fingerprint density at radius 1 is 0.477 bits per heavy atom. The Balaban J connectivity index is 0.964. The van der Waals surface area contributed by atoms with E-state index in [0.29, 0.717) is 0 Å². The van der Waals surface area contributed by atoms with E-state index in [9.17, 15) is 0 Å². The zero-order valence-corrected chi connectivity index (χ0v) is 36.7. The quantitative estimate of drug-likeness (QED) is 0.173. The van der Waals surface area contributed by atoms with E-state index < -0.39 is 0 Å². The van der Waals surface area contributed by atoms with Crippen LogP contribution < -0.4 is 0 Å². The highest BCUT2D eigenvalue weighted by atomic mass is 32.1. The van der Waals surface area contributed by atoms with Gasteiger partial charge in [0.15, 0.2) is 0 Å². The number of furan rings is 1. The third kappa shape index (κ3) is 5.29. The van der Waals surface area contributed by atoms with Gasteiger partial charge < -0.3 is 13.6 Å². The second-order valence-corrected chi connectivity index (χ2v) is 18.7.